The first-order valence-electron chi connectivity index (χ1n) is 2.70. The highest BCUT2D eigenvalue weighted by atomic mass is 127. The summed E-state index contributed by atoms with van der Waals surface area (Å²) >= 11 is 2.37. The Morgan fingerprint density at radius 3 is 2.43 bits per heavy atom. The SMILES string of the molecule is CCB(C)[B]CI. The topological polar surface area (TPSA) is 0 Å². The van der Waals surface area contributed by atoms with Crippen LogP contribution >= 0.6 is 22.6 Å². The summed E-state index contributed by atoms with van der Waals surface area (Å²) in [6.07, 6.45) is 1.28. The maximum absolute atomic E-state index is 2.37. The Hall–Kier alpha value is 0.860. The van der Waals surface area contributed by atoms with Gasteiger partial charge in [0.25, 0.3) is 0 Å². The summed E-state index contributed by atoms with van der Waals surface area (Å²) in [7, 11) is 2.33. The van der Waals surface area contributed by atoms with Crippen molar-refractivity contribution in [3.8, 4) is 0 Å². The molecule has 39 valence electrons. The van der Waals surface area contributed by atoms with E-state index in [-0.39, 0.29) is 0 Å². The van der Waals surface area contributed by atoms with E-state index in [4.69, 9.17) is 0 Å². The highest BCUT2D eigenvalue weighted by molar-refractivity contribution is 14.1. The molecule has 0 aromatic rings. The fourth-order valence-corrected chi connectivity index (χ4v) is 1.19. The third kappa shape index (κ3) is 4.72. The second kappa shape index (κ2) is 5.01. The first kappa shape index (κ1) is 7.86. The van der Waals surface area contributed by atoms with E-state index in [9.17, 15) is 0 Å². The van der Waals surface area contributed by atoms with Gasteiger partial charge >= 0.3 is 0 Å². The van der Waals surface area contributed by atoms with Gasteiger partial charge in [0, 0.05) is 0 Å². The molecule has 0 saturated carbocycles. The number of hydrogen-bond donors (Lipinski definition) is 0. The fourth-order valence-electron chi connectivity index (χ4n) is 0.319. The van der Waals surface area contributed by atoms with Crippen molar-refractivity contribution in [1.82, 2.24) is 0 Å². The van der Waals surface area contributed by atoms with Crippen molar-refractivity contribution in [2.75, 3.05) is 4.33 Å². The van der Waals surface area contributed by atoms with Crippen LogP contribution in [0.3, 0.4) is 0 Å². The molecule has 0 heterocycles. The molecule has 0 saturated heterocycles. The number of halogens is 1. The summed E-state index contributed by atoms with van der Waals surface area (Å²) in [5.41, 5.74) is 0. The zero-order chi connectivity index (χ0) is 5.70. The number of hydrogen-bond acceptors (Lipinski definition) is 0. The Labute approximate surface area is 60.9 Å². The van der Waals surface area contributed by atoms with Crippen LogP contribution in [-0.4, -0.2) is 18.1 Å². The molecule has 0 nitrogen and oxygen atoms in total. The van der Waals surface area contributed by atoms with Gasteiger partial charge in [0.15, 0.2) is 0 Å². The molecule has 0 amide bonds. The third-order valence-corrected chi connectivity index (χ3v) is 1.64. The number of rotatable bonds is 3. The summed E-state index contributed by atoms with van der Waals surface area (Å²) in [6, 6.07) is 0. The second-order valence-electron chi connectivity index (χ2n) is 1.78. The van der Waals surface area contributed by atoms with E-state index in [0.717, 1.165) is 6.60 Å². The van der Waals surface area contributed by atoms with Crippen molar-refractivity contribution in [1.29, 1.82) is 0 Å². The molecule has 0 bridgehead atoms. The molecule has 0 aromatic heterocycles. The van der Waals surface area contributed by atoms with E-state index in [2.05, 4.69) is 43.5 Å². The van der Waals surface area contributed by atoms with Crippen LogP contribution in [0.15, 0.2) is 0 Å². The molecule has 0 aliphatic heterocycles. The molecular formula is C4H10B2I. The molecule has 0 aliphatic rings. The third-order valence-electron chi connectivity index (χ3n) is 1.14. The van der Waals surface area contributed by atoms with Crippen molar-refractivity contribution in [3.05, 3.63) is 0 Å². The van der Waals surface area contributed by atoms with Crippen LogP contribution in [0.4, 0.5) is 0 Å². The Morgan fingerprint density at radius 2 is 2.29 bits per heavy atom. The van der Waals surface area contributed by atoms with Crippen molar-refractivity contribution in [2.24, 2.45) is 0 Å². The summed E-state index contributed by atoms with van der Waals surface area (Å²) in [4.78, 5) is 0. The van der Waals surface area contributed by atoms with E-state index >= 15 is 0 Å². The molecule has 0 aliphatic carbocycles. The molecule has 0 fully saturated rings. The van der Waals surface area contributed by atoms with Gasteiger partial charge in [-0.15, -0.1) is 0 Å². The van der Waals surface area contributed by atoms with Gasteiger partial charge < -0.3 is 0 Å². The van der Waals surface area contributed by atoms with Crippen molar-refractivity contribution in [3.63, 3.8) is 0 Å². The lowest BCUT2D eigenvalue weighted by molar-refractivity contribution is 1.44. The zero-order valence-electron chi connectivity index (χ0n) is 4.95. The molecule has 0 rings (SSSR count). The normalized spacial score (nSPS) is 8.43. The predicted octanol–water partition coefficient (Wildman–Crippen LogP) is 1.72. The average Bonchev–Trinajstić information content (AvgIpc) is 1.68. The lowest BCUT2D eigenvalue weighted by Crippen LogP contribution is -2.17. The van der Waals surface area contributed by atoms with Crippen molar-refractivity contribution in [2.45, 2.75) is 20.1 Å². The maximum Gasteiger partial charge on any atom is 0.0977 e. The zero-order valence-corrected chi connectivity index (χ0v) is 7.10. The van der Waals surface area contributed by atoms with Crippen LogP contribution in [0.25, 0.3) is 0 Å². The average molecular weight is 207 g/mol. The first-order valence-corrected chi connectivity index (χ1v) is 4.23. The van der Waals surface area contributed by atoms with E-state index < -0.39 is 0 Å². The molecule has 1 radical (unpaired) electrons. The van der Waals surface area contributed by atoms with Gasteiger partial charge in [-0.1, -0.05) is 42.7 Å². The lowest BCUT2D eigenvalue weighted by Gasteiger charge is -1.95. The molecule has 0 aromatic carbocycles. The van der Waals surface area contributed by atoms with Crippen LogP contribution < -0.4 is 0 Å². The lowest BCUT2D eigenvalue weighted by atomic mass is 9.23. The number of alkyl halides is 1. The predicted molar refractivity (Wildman–Crippen MR) is 46.7 cm³/mol. The fraction of sp³-hybridized carbons (Fsp3) is 1.00. The Kier molecular flexibility index (Phi) is 5.62. The molecule has 7 heavy (non-hydrogen) atoms. The van der Waals surface area contributed by atoms with Gasteiger partial charge in [0.05, 0.1) is 13.8 Å². The van der Waals surface area contributed by atoms with Gasteiger partial charge in [-0.05, 0) is 4.33 Å². The maximum atomic E-state index is 2.37. The van der Waals surface area contributed by atoms with Crippen LogP contribution in [0.5, 0.6) is 0 Å². The smallest absolute Gasteiger partial charge is 0.0968 e. The van der Waals surface area contributed by atoms with Crippen molar-refractivity contribution >= 4 is 36.4 Å². The largest absolute Gasteiger partial charge is 0.0977 e. The molecule has 0 atom stereocenters. The summed E-state index contributed by atoms with van der Waals surface area (Å²) in [5, 5.41) is 0. The monoisotopic (exact) mass is 207 g/mol. The molecular weight excluding hydrogens is 197 g/mol. The second-order valence-corrected chi connectivity index (χ2v) is 2.66. The minimum Gasteiger partial charge on any atom is -0.0968 e. The highest BCUT2D eigenvalue weighted by Crippen LogP contribution is 1.89. The van der Waals surface area contributed by atoms with Gasteiger partial charge in [0.2, 0.25) is 0 Å². The minimum atomic E-state index is 0.817. The van der Waals surface area contributed by atoms with Gasteiger partial charge in [-0.3, -0.25) is 0 Å². The molecule has 3 heteroatoms. The van der Waals surface area contributed by atoms with Gasteiger partial charge in [0.1, 0.15) is 0 Å². The standard InChI is InChI=1S/C4H10B2I/c1-3-6(2)5-4-7/h3-4H2,1-2H3. The van der Waals surface area contributed by atoms with E-state index in [1.54, 1.807) is 0 Å². The van der Waals surface area contributed by atoms with Crippen LogP contribution in [0.2, 0.25) is 13.1 Å². The molecule has 0 spiro atoms. The first-order chi connectivity index (χ1) is 3.31. The Balaban J connectivity index is 2.83. The van der Waals surface area contributed by atoms with E-state index in [1.807, 2.05) is 0 Å². The Bertz CT molecular complexity index is 40.7. The van der Waals surface area contributed by atoms with Crippen LogP contribution in [0.1, 0.15) is 6.92 Å². The van der Waals surface area contributed by atoms with E-state index in [1.165, 1.54) is 10.6 Å². The van der Waals surface area contributed by atoms with Crippen LogP contribution in [-0.2, 0) is 0 Å². The van der Waals surface area contributed by atoms with Gasteiger partial charge in [-0.25, -0.2) is 0 Å². The summed E-state index contributed by atoms with van der Waals surface area (Å²) in [5.74, 6) is 0. The van der Waals surface area contributed by atoms with Crippen LogP contribution in [0, 0.1) is 0 Å². The highest BCUT2D eigenvalue weighted by Gasteiger charge is 2.00. The summed E-state index contributed by atoms with van der Waals surface area (Å²) < 4.78 is 1.19. The Morgan fingerprint density at radius 1 is 1.71 bits per heavy atom. The summed E-state index contributed by atoms with van der Waals surface area (Å²) in [6.45, 7) is 5.28. The quantitative estimate of drug-likeness (QED) is 0.375. The minimum absolute atomic E-state index is 0.817. The molecule has 0 N–H and O–H groups in total. The van der Waals surface area contributed by atoms with E-state index in [0.29, 0.717) is 0 Å². The van der Waals surface area contributed by atoms with Crippen molar-refractivity contribution < 1.29 is 0 Å². The molecule has 0 unspecified atom stereocenters. The van der Waals surface area contributed by atoms with Gasteiger partial charge in [-0.2, -0.15) is 0 Å².